The van der Waals surface area contributed by atoms with E-state index in [1.165, 1.54) is 18.2 Å². The van der Waals surface area contributed by atoms with Gasteiger partial charge in [-0.15, -0.1) is 6.58 Å². The van der Waals surface area contributed by atoms with Gasteiger partial charge in [0.15, 0.2) is 11.6 Å². The minimum atomic E-state index is -1.22. The van der Waals surface area contributed by atoms with Crippen molar-refractivity contribution in [1.82, 2.24) is 0 Å². The zero-order valence-corrected chi connectivity index (χ0v) is 12.4. The highest BCUT2D eigenvalue weighted by Gasteiger charge is 2.52. The van der Waals surface area contributed by atoms with E-state index in [0.29, 0.717) is 11.1 Å². The Labute approximate surface area is 132 Å². The molecule has 0 bridgehead atoms. The molecule has 1 aliphatic heterocycles. The van der Waals surface area contributed by atoms with E-state index in [0.717, 1.165) is 6.07 Å². The van der Waals surface area contributed by atoms with Gasteiger partial charge in [0.2, 0.25) is 5.91 Å². The third kappa shape index (κ3) is 1.96. The average molecular weight is 315 g/mol. The van der Waals surface area contributed by atoms with E-state index in [-0.39, 0.29) is 17.4 Å². The molecular formula is C18H15F2NO2. The first kappa shape index (κ1) is 15.2. The lowest BCUT2D eigenvalue weighted by atomic mass is 9.67. The monoisotopic (exact) mass is 315 g/mol. The highest BCUT2D eigenvalue weighted by molar-refractivity contribution is 6.09. The van der Waals surface area contributed by atoms with Crippen LogP contribution in [0.4, 0.5) is 14.5 Å². The number of aromatic hydroxyl groups is 1. The smallest absolute Gasteiger partial charge is 0.240 e. The van der Waals surface area contributed by atoms with Gasteiger partial charge in [-0.2, -0.15) is 0 Å². The molecule has 0 spiro atoms. The summed E-state index contributed by atoms with van der Waals surface area (Å²) >= 11 is 0. The Bertz CT molecular complexity index is 801. The zero-order chi connectivity index (χ0) is 16.8. The maximum absolute atomic E-state index is 14.1. The van der Waals surface area contributed by atoms with Crippen molar-refractivity contribution in [2.45, 2.75) is 12.3 Å². The van der Waals surface area contributed by atoms with E-state index >= 15 is 0 Å². The molecular weight excluding hydrogens is 300 g/mol. The van der Waals surface area contributed by atoms with Crippen LogP contribution >= 0.6 is 0 Å². The number of phenols is 1. The molecule has 118 valence electrons. The summed E-state index contributed by atoms with van der Waals surface area (Å²) in [5.74, 6) is -2.86. The molecule has 0 radical (unpaired) electrons. The molecule has 1 amide bonds. The van der Waals surface area contributed by atoms with Gasteiger partial charge < -0.3 is 10.4 Å². The van der Waals surface area contributed by atoms with Crippen LogP contribution in [-0.4, -0.2) is 11.0 Å². The summed E-state index contributed by atoms with van der Waals surface area (Å²) in [5.41, 5.74) is -0.430. The molecule has 2 atom stereocenters. The van der Waals surface area contributed by atoms with Crippen molar-refractivity contribution in [2.75, 3.05) is 5.32 Å². The topological polar surface area (TPSA) is 49.3 Å². The molecule has 0 saturated heterocycles. The van der Waals surface area contributed by atoms with Gasteiger partial charge in [-0.3, -0.25) is 4.79 Å². The van der Waals surface area contributed by atoms with E-state index < -0.39 is 23.0 Å². The van der Waals surface area contributed by atoms with Crippen LogP contribution in [0.25, 0.3) is 0 Å². The summed E-state index contributed by atoms with van der Waals surface area (Å²) < 4.78 is 27.6. The van der Waals surface area contributed by atoms with E-state index in [4.69, 9.17) is 0 Å². The molecule has 2 N–H and O–H groups in total. The first-order valence-corrected chi connectivity index (χ1v) is 7.15. The number of anilines is 1. The highest BCUT2D eigenvalue weighted by Crippen LogP contribution is 2.49. The predicted molar refractivity (Wildman–Crippen MR) is 83.2 cm³/mol. The third-order valence-corrected chi connectivity index (χ3v) is 4.48. The second-order valence-corrected chi connectivity index (χ2v) is 5.62. The SMILES string of the molecule is C=CC(C)C1(c2ccc(O)cc2)C(=O)Nc2c1ccc(F)c2F. The molecule has 23 heavy (non-hydrogen) atoms. The molecule has 0 aliphatic carbocycles. The third-order valence-electron chi connectivity index (χ3n) is 4.48. The van der Waals surface area contributed by atoms with Crippen molar-refractivity contribution in [3.05, 3.63) is 71.8 Å². The molecule has 5 heteroatoms. The lowest BCUT2D eigenvalue weighted by Gasteiger charge is -2.32. The second-order valence-electron chi connectivity index (χ2n) is 5.62. The van der Waals surface area contributed by atoms with Gasteiger partial charge in [0.1, 0.15) is 11.2 Å². The minimum absolute atomic E-state index is 0.0547. The van der Waals surface area contributed by atoms with Crippen LogP contribution in [0.1, 0.15) is 18.1 Å². The van der Waals surface area contributed by atoms with Crippen LogP contribution < -0.4 is 5.32 Å². The second kappa shape index (κ2) is 5.19. The molecule has 2 aromatic rings. The van der Waals surface area contributed by atoms with E-state index in [1.54, 1.807) is 25.1 Å². The Kier molecular flexibility index (Phi) is 3.43. The van der Waals surface area contributed by atoms with Crippen LogP contribution in [0.3, 0.4) is 0 Å². The van der Waals surface area contributed by atoms with Gasteiger partial charge in [0.25, 0.3) is 0 Å². The molecule has 3 nitrogen and oxygen atoms in total. The van der Waals surface area contributed by atoms with Gasteiger partial charge in [0.05, 0.1) is 5.69 Å². The predicted octanol–water partition coefficient (Wildman–Crippen LogP) is 3.73. The number of phenolic OH excluding ortho intramolecular Hbond substituents is 1. The Hall–Kier alpha value is -2.69. The molecule has 0 aromatic heterocycles. The van der Waals surface area contributed by atoms with Crippen molar-refractivity contribution >= 4 is 11.6 Å². The lowest BCUT2D eigenvalue weighted by Crippen LogP contribution is -2.41. The van der Waals surface area contributed by atoms with E-state index in [1.807, 2.05) is 0 Å². The quantitative estimate of drug-likeness (QED) is 0.848. The van der Waals surface area contributed by atoms with Crippen LogP contribution in [0.2, 0.25) is 0 Å². The molecule has 2 unspecified atom stereocenters. The summed E-state index contributed by atoms with van der Waals surface area (Å²) in [5, 5.41) is 12.0. The summed E-state index contributed by atoms with van der Waals surface area (Å²) in [7, 11) is 0. The van der Waals surface area contributed by atoms with Gasteiger partial charge in [0, 0.05) is 0 Å². The fourth-order valence-corrected chi connectivity index (χ4v) is 3.24. The zero-order valence-electron chi connectivity index (χ0n) is 12.4. The van der Waals surface area contributed by atoms with Crippen molar-refractivity contribution in [2.24, 2.45) is 5.92 Å². The van der Waals surface area contributed by atoms with Gasteiger partial charge >= 0.3 is 0 Å². The number of fused-ring (bicyclic) bond motifs is 1. The maximum atomic E-state index is 14.1. The molecule has 3 rings (SSSR count). The number of hydrogen-bond acceptors (Lipinski definition) is 2. The molecule has 1 aliphatic rings. The number of halogens is 2. The number of allylic oxidation sites excluding steroid dienone is 1. The van der Waals surface area contributed by atoms with Crippen molar-refractivity contribution in [3.8, 4) is 5.75 Å². The standard InChI is InChI=1S/C18H15F2NO2/c1-3-10(2)18(11-4-6-12(22)7-5-11)13-8-9-14(19)15(20)16(13)21-17(18)23/h3-10,22H,1H2,2H3,(H,21,23). The fraction of sp³-hybridized carbons (Fsp3) is 0.167. The molecule has 0 saturated carbocycles. The van der Waals surface area contributed by atoms with Crippen molar-refractivity contribution in [1.29, 1.82) is 0 Å². The first-order valence-electron chi connectivity index (χ1n) is 7.15. The largest absolute Gasteiger partial charge is 0.508 e. The molecule has 2 aromatic carbocycles. The molecule has 1 heterocycles. The number of hydrogen-bond donors (Lipinski definition) is 2. The summed E-state index contributed by atoms with van der Waals surface area (Å²) in [6, 6.07) is 8.55. The van der Waals surface area contributed by atoms with Crippen LogP contribution in [-0.2, 0) is 10.2 Å². The van der Waals surface area contributed by atoms with Crippen LogP contribution in [0.15, 0.2) is 49.1 Å². The first-order chi connectivity index (χ1) is 10.9. The number of rotatable bonds is 3. The number of carbonyl (C=O) groups is 1. The highest BCUT2D eigenvalue weighted by atomic mass is 19.2. The number of nitrogens with one attached hydrogen (secondary N) is 1. The average Bonchev–Trinajstić information content (AvgIpc) is 2.85. The summed E-state index contributed by atoms with van der Waals surface area (Å²) in [6.45, 7) is 5.53. The molecule has 0 fully saturated rings. The van der Waals surface area contributed by atoms with E-state index in [2.05, 4.69) is 11.9 Å². The lowest BCUT2D eigenvalue weighted by molar-refractivity contribution is -0.120. The van der Waals surface area contributed by atoms with Crippen LogP contribution in [0.5, 0.6) is 5.75 Å². The van der Waals surface area contributed by atoms with Crippen LogP contribution in [0, 0.1) is 17.6 Å². The van der Waals surface area contributed by atoms with Gasteiger partial charge in [-0.05, 0) is 35.2 Å². The number of amides is 1. The number of benzene rings is 2. The summed E-state index contributed by atoms with van der Waals surface area (Å²) in [6.07, 6.45) is 1.60. The Balaban J connectivity index is 2.35. The Morgan fingerprint density at radius 3 is 2.48 bits per heavy atom. The summed E-state index contributed by atoms with van der Waals surface area (Å²) in [4.78, 5) is 12.8. The normalized spacial score (nSPS) is 20.7. The van der Waals surface area contributed by atoms with Gasteiger partial charge in [-0.25, -0.2) is 8.78 Å². The minimum Gasteiger partial charge on any atom is -0.508 e. The van der Waals surface area contributed by atoms with Gasteiger partial charge in [-0.1, -0.05) is 31.2 Å². The van der Waals surface area contributed by atoms with Crippen molar-refractivity contribution in [3.63, 3.8) is 0 Å². The number of carbonyl (C=O) groups excluding carboxylic acids is 1. The van der Waals surface area contributed by atoms with E-state index in [9.17, 15) is 18.7 Å². The Morgan fingerprint density at radius 1 is 1.22 bits per heavy atom. The Morgan fingerprint density at radius 2 is 1.87 bits per heavy atom. The van der Waals surface area contributed by atoms with Crippen molar-refractivity contribution < 1.29 is 18.7 Å². The fourth-order valence-electron chi connectivity index (χ4n) is 3.24. The maximum Gasteiger partial charge on any atom is 0.240 e.